The van der Waals surface area contributed by atoms with E-state index in [-0.39, 0.29) is 0 Å². The van der Waals surface area contributed by atoms with Crippen molar-refractivity contribution in [2.75, 3.05) is 30.3 Å². The van der Waals surface area contributed by atoms with Gasteiger partial charge in [-0.25, -0.2) is 9.97 Å². The van der Waals surface area contributed by atoms with E-state index in [0.29, 0.717) is 4.75 Å². The van der Waals surface area contributed by atoms with Crippen molar-refractivity contribution in [2.45, 2.75) is 51.8 Å². The Bertz CT molecular complexity index is 462. The van der Waals surface area contributed by atoms with Gasteiger partial charge in [-0.15, -0.1) is 0 Å². The minimum absolute atomic E-state index is 0.369. The fourth-order valence-corrected chi connectivity index (χ4v) is 3.53. The highest BCUT2D eigenvalue weighted by Crippen LogP contribution is 2.31. The number of nitrogens with one attached hydrogen (secondary N) is 1. The lowest BCUT2D eigenvalue weighted by atomic mass is 10.1. The molecule has 0 aromatic carbocycles. The van der Waals surface area contributed by atoms with Crippen molar-refractivity contribution in [3.05, 3.63) is 17.5 Å². The Morgan fingerprint density at radius 2 is 2.19 bits per heavy atom. The highest BCUT2D eigenvalue weighted by molar-refractivity contribution is 8.00. The average molecular weight is 308 g/mol. The first-order valence-corrected chi connectivity index (χ1v) is 8.92. The summed E-state index contributed by atoms with van der Waals surface area (Å²) >= 11 is 2.05. The van der Waals surface area contributed by atoms with Crippen LogP contribution in [0.15, 0.2) is 6.20 Å². The molecule has 1 aliphatic rings. The molecule has 2 heterocycles. The number of aryl methyl sites for hydroxylation is 1. The second-order valence-corrected chi connectivity index (χ2v) is 8.10. The van der Waals surface area contributed by atoms with Crippen molar-refractivity contribution in [3.8, 4) is 0 Å². The van der Waals surface area contributed by atoms with Crippen LogP contribution in [0.4, 0.5) is 5.95 Å². The van der Waals surface area contributed by atoms with Gasteiger partial charge in [-0.1, -0.05) is 20.8 Å². The lowest BCUT2D eigenvalue weighted by Crippen LogP contribution is -2.29. The van der Waals surface area contributed by atoms with Gasteiger partial charge in [-0.2, -0.15) is 11.8 Å². The van der Waals surface area contributed by atoms with Gasteiger partial charge < -0.3 is 10.2 Å². The molecule has 0 radical (unpaired) electrons. The van der Waals surface area contributed by atoms with Crippen LogP contribution < -0.4 is 10.2 Å². The van der Waals surface area contributed by atoms with E-state index in [1.807, 2.05) is 6.20 Å². The van der Waals surface area contributed by atoms with E-state index in [2.05, 4.69) is 54.7 Å². The largest absolute Gasteiger partial charge is 0.340 e. The maximum absolute atomic E-state index is 4.73. The predicted molar refractivity (Wildman–Crippen MR) is 92.1 cm³/mol. The monoisotopic (exact) mass is 308 g/mol. The Kier molecular flexibility index (Phi) is 5.88. The maximum Gasteiger partial charge on any atom is 0.225 e. The molecule has 0 atom stereocenters. The third kappa shape index (κ3) is 4.85. The van der Waals surface area contributed by atoms with Crippen LogP contribution in [0.1, 0.15) is 44.9 Å². The van der Waals surface area contributed by atoms with Gasteiger partial charge in [0.15, 0.2) is 0 Å². The second kappa shape index (κ2) is 7.45. The van der Waals surface area contributed by atoms with E-state index >= 15 is 0 Å². The van der Waals surface area contributed by atoms with Crippen molar-refractivity contribution in [2.24, 2.45) is 0 Å². The van der Waals surface area contributed by atoms with Crippen molar-refractivity contribution in [3.63, 3.8) is 0 Å². The fourth-order valence-electron chi connectivity index (χ4n) is 2.43. The van der Waals surface area contributed by atoms with Gasteiger partial charge in [0.05, 0.1) is 0 Å². The molecule has 4 nitrogen and oxygen atoms in total. The van der Waals surface area contributed by atoms with E-state index in [4.69, 9.17) is 4.98 Å². The van der Waals surface area contributed by atoms with Crippen molar-refractivity contribution < 1.29 is 0 Å². The zero-order valence-corrected chi connectivity index (χ0v) is 14.6. The summed E-state index contributed by atoms with van der Waals surface area (Å²) < 4.78 is 0.369. The number of thioether (sulfide) groups is 1. The van der Waals surface area contributed by atoms with Gasteiger partial charge in [-0.3, -0.25) is 0 Å². The lowest BCUT2D eigenvalue weighted by molar-refractivity contribution is 0.629. The molecule has 2 rings (SSSR count). The van der Waals surface area contributed by atoms with Gasteiger partial charge in [0, 0.05) is 47.6 Å². The molecule has 0 amide bonds. The SMILES string of the molecule is CCCNCc1cnc(N2CCSC(C)(C)CC2)nc1C. The molecule has 118 valence electrons. The fraction of sp³-hybridized carbons (Fsp3) is 0.750. The minimum atomic E-state index is 0.369. The zero-order chi connectivity index (χ0) is 15.3. The maximum atomic E-state index is 4.73. The van der Waals surface area contributed by atoms with Crippen LogP contribution in [-0.4, -0.2) is 40.1 Å². The standard InChI is InChI=1S/C16H28N4S/c1-5-7-17-11-14-12-18-15(19-13(14)2)20-8-6-16(3,4)21-10-9-20/h12,17H,5-11H2,1-4H3. The molecule has 1 aliphatic heterocycles. The van der Waals surface area contributed by atoms with Gasteiger partial charge in [0.1, 0.15) is 0 Å². The molecule has 1 aromatic rings. The van der Waals surface area contributed by atoms with Crippen LogP contribution in [0.2, 0.25) is 0 Å². The third-order valence-corrected chi connectivity index (χ3v) is 5.30. The molecule has 0 bridgehead atoms. The number of rotatable bonds is 5. The van der Waals surface area contributed by atoms with E-state index in [0.717, 1.165) is 50.0 Å². The highest BCUT2D eigenvalue weighted by Gasteiger charge is 2.24. The van der Waals surface area contributed by atoms with Crippen LogP contribution in [-0.2, 0) is 6.54 Å². The van der Waals surface area contributed by atoms with Gasteiger partial charge >= 0.3 is 0 Å². The third-order valence-electron chi connectivity index (χ3n) is 3.93. The van der Waals surface area contributed by atoms with E-state index in [1.165, 1.54) is 12.0 Å². The topological polar surface area (TPSA) is 41.1 Å². The Balaban J connectivity index is 2.02. The Hall–Kier alpha value is -0.810. The molecule has 1 aromatic heterocycles. The number of hydrogen-bond donors (Lipinski definition) is 1. The first kappa shape index (κ1) is 16.6. The Morgan fingerprint density at radius 3 is 2.90 bits per heavy atom. The molecule has 0 aliphatic carbocycles. The molecule has 5 heteroatoms. The van der Waals surface area contributed by atoms with E-state index in [1.54, 1.807) is 0 Å². The molecule has 0 spiro atoms. The number of anilines is 1. The summed E-state index contributed by atoms with van der Waals surface area (Å²) in [4.78, 5) is 11.7. The summed E-state index contributed by atoms with van der Waals surface area (Å²) in [6, 6.07) is 0. The smallest absolute Gasteiger partial charge is 0.225 e. The summed E-state index contributed by atoms with van der Waals surface area (Å²) in [5.41, 5.74) is 2.30. The quantitative estimate of drug-likeness (QED) is 0.847. The molecule has 1 saturated heterocycles. The lowest BCUT2D eigenvalue weighted by Gasteiger charge is -2.23. The van der Waals surface area contributed by atoms with Crippen LogP contribution in [0, 0.1) is 6.92 Å². The van der Waals surface area contributed by atoms with Crippen LogP contribution in [0.3, 0.4) is 0 Å². The molecule has 1 fully saturated rings. The molecule has 21 heavy (non-hydrogen) atoms. The first-order valence-electron chi connectivity index (χ1n) is 7.94. The van der Waals surface area contributed by atoms with Crippen molar-refractivity contribution >= 4 is 17.7 Å². The van der Waals surface area contributed by atoms with Gasteiger partial charge in [0.2, 0.25) is 5.95 Å². The second-order valence-electron chi connectivity index (χ2n) is 6.30. The molecule has 0 saturated carbocycles. The predicted octanol–water partition coefficient (Wildman–Crippen LogP) is 3.01. The molecule has 0 unspecified atom stereocenters. The minimum Gasteiger partial charge on any atom is -0.340 e. The van der Waals surface area contributed by atoms with Crippen LogP contribution in [0.5, 0.6) is 0 Å². The van der Waals surface area contributed by atoms with Crippen molar-refractivity contribution in [1.29, 1.82) is 0 Å². The molecular weight excluding hydrogens is 280 g/mol. The summed E-state index contributed by atoms with van der Waals surface area (Å²) in [6.45, 7) is 12.9. The van der Waals surface area contributed by atoms with E-state index < -0.39 is 0 Å². The van der Waals surface area contributed by atoms with Gasteiger partial charge in [0.25, 0.3) is 0 Å². The summed E-state index contributed by atoms with van der Waals surface area (Å²) in [7, 11) is 0. The number of hydrogen-bond acceptors (Lipinski definition) is 5. The molecular formula is C16H28N4S. The zero-order valence-electron chi connectivity index (χ0n) is 13.8. The highest BCUT2D eigenvalue weighted by atomic mass is 32.2. The molecule has 1 N–H and O–H groups in total. The summed E-state index contributed by atoms with van der Waals surface area (Å²) in [5, 5.41) is 3.42. The first-order chi connectivity index (χ1) is 10.0. The van der Waals surface area contributed by atoms with E-state index in [9.17, 15) is 0 Å². The normalized spacial score (nSPS) is 18.6. The Morgan fingerprint density at radius 1 is 1.38 bits per heavy atom. The van der Waals surface area contributed by atoms with Gasteiger partial charge in [-0.05, 0) is 26.3 Å². The summed E-state index contributed by atoms with van der Waals surface area (Å²) in [6.07, 6.45) is 4.32. The van der Waals surface area contributed by atoms with Crippen molar-refractivity contribution in [1.82, 2.24) is 15.3 Å². The van der Waals surface area contributed by atoms with Crippen LogP contribution >= 0.6 is 11.8 Å². The Labute approximate surface area is 133 Å². The summed E-state index contributed by atoms with van der Waals surface area (Å²) in [5.74, 6) is 2.04. The number of aromatic nitrogens is 2. The number of nitrogens with zero attached hydrogens (tertiary/aromatic N) is 3. The average Bonchev–Trinajstić information content (AvgIpc) is 2.62. The van der Waals surface area contributed by atoms with Crippen LogP contribution in [0.25, 0.3) is 0 Å².